The number of hydrogen-bond acceptors (Lipinski definition) is 4. The Morgan fingerprint density at radius 3 is 2.64 bits per heavy atom. The van der Waals surface area contributed by atoms with Gasteiger partial charge in [0.15, 0.2) is 6.61 Å². The Hall–Kier alpha value is -2.57. The molecule has 1 heterocycles. The van der Waals surface area contributed by atoms with Crippen molar-refractivity contribution in [1.29, 1.82) is 0 Å². The smallest absolute Gasteiger partial charge is 0.260 e. The standard InChI is InChI=1S/C21H29N3O4/c22-20(26)15-6-4-10-18(12-15)28-14-19(25)24-11-5-7-16(13-24)21(27)23-17-8-2-1-3-9-17/h4,6,10,12,16-17H,1-3,5,7-9,11,13-14H2,(H2,22,26)(H,23,27). The van der Waals surface area contributed by atoms with Crippen molar-refractivity contribution in [2.24, 2.45) is 11.7 Å². The quantitative estimate of drug-likeness (QED) is 0.778. The number of piperidine rings is 1. The van der Waals surface area contributed by atoms with E-state index in [1.807, 2.05) is 0 Å². The van der Waals surface area contributed by atoms with E-state index in [-0.39, 0.29) is 30.4 Å². The molecule has 0 radical (unpaired) electrons. The summed E-state index contributed by atoms with van der Waals surface area (Å²) in [6, 6.07) is 6.74. The minimum Gasteiger partial charge on any atom is -0.484 e. The third-order valence-electron chi connectivity index (χ3n) is 5.58. The summed E-state index contributed by atoms with van der Waals surface area (Å²) >= 11 is 0. The Morgan fingerprint density at radius 2 is 1.89 bits per heavy atom. The first-order valence-electron chi connectivity index (χ1n) is 10.1. The zero-order valence-corrected chi connectivity index (χ0v) is 16.2. The van der Waals surface area contributed by atoms with Crippen LogP contribution < -0.4 is 15.8 Å². The number of ether oxygens (including phenoxy) is 1. The van der Waals surface area contributed by atoms with E-state index in [0.29, 0.717) is 24.4 Å². The zero-order chi connectivity index (χ0) is 19.9. The molecule has 1 atom stereocenters. The minimum absolute atomic E-state index is 0.0690. The van der Waals surface area contributed by atoms with Crippen molar-refractivity contribution in [3.05, 3.63) is 29.8 Å². The Balaban J connectivity index is 1.49. The molecular weight excluding hydrogens is 358 g/mol. The largest absolute Gasteiger partial charge is 0.484 e. The molecule has 0 aromatic heterocycles. The Bertz CT molecular complexity index is 715. The van der Waals surface area contributed by atoms with Crippen LogP contribution in [0.2, 0.25) is 0 Å². The molecule has 3 rings (SSSR count). The van der Waals surface area contributed by atoms with Crippen molar-refractivity contribution >= 4 is 17.7 Å². The maximum absolute atomic E-state index is 12.6. The van der Waals surface area contributed by atoms with E-state index < -0.39 is 5.91 Å². The lowest BCUT2D eigenvalue weighted by molar-refractivity contribution is -0.137. The number of nitrogens with two attached hydrogens (primary N) is 1. The first-order valence-corrected chi connectivity index (χ1v) is 10.1. The van der Waals surface area contributed by atoms with Gasteiger partial charge in [0, 0.05) is 24.7 Å². The fourth-order valence-electron chi connectivity index (χ4n) is 3.96. The highest BCUT2D eigenvalue weighted by Gasteiger charge is 2.30. The average Bonchev–Trinajstić information content (AvgIpc) is 2.73. The summed E-state index contributed by atoms with van der Waals surface area (Å²) in [6.45, 7) is 0.942. The van der Waals surface area contributed by atoms with Crippen LogP contribution in [0.4, 0.5) is 0 Å². The van der Waals surface area contributed by atoms with Crippen LogP contribution in [-0.2, 0) is 9.59 Å². The molecule has 0 spiro atoms. The number of amides is 3. The molecule has 3 amide bonds. The summed E-state index contributed by atoms with van der Waals surface area (Å²) < 4.78 is 5.53. The average molecular weight is 387 g/mol. The number of likely N-dealkylation sites (tertiary alicyclic amines) is 1. The molecule has 1 aromatic rings. The van der Waals surface area contributed by atoms with Crippen LogP contribution in [0.25, 0.3) is 0 Å². The normalized spacial score (nSPS) is 20.4. The molecular formula is C21H29N3O4. The van der Waals surface area contributed by atoms with Crippen LogP contribution in [0.15, 0.2) is 24.3 Å². The third kappa shape index (κ3) is 5.47. The number of nitrogens with one attached hydrogen (secondary N) is 1. The van der Waals surface area contributed by atoms with E-state index in [1.54, 1.807) is 23.1 Å². The summed E-state index contributed by atoms with van der Waals surface area (Å²) in [5.41, 5.74) is 5.59. The lowest BCUT2D eigenvalue weighted by atomic mass is 9.93. The highest BCUT2D eigenvalue weighted by Crippen LogP contribution is 2.21. The summed E-state index contributed by atoms with van der Waals surface area (Å²) in [4.78, 5) is 38.1. The molecule has 1 saturated heterocycles. The number of benzene rings is 1. The van der Waals surface area contributed by atoms with Crippen LogP contribution in [0, 0.1) is 5.92 Å². The first-order chi connectivity index (χ1) is 13.5. The lowest BCUT2D eigenvalue weighted by Crippen LogP contribution is -2.48. The summed E-state index contributed by atoms with van der Waals surface area (Å²) in [6.07, 6.45) is 7.33. The van der Waals surface area contributed by atoms with Crippen LogP contribution in [0.1, 0.15) is 55.3 Å². The van der Waals surface area contributed by atoms with Crippen molar-refractivity contribution < 1.29 is 19.1 Å². The molecule has 0 bridgehead atoms. The van der Waals surface area contributed by atoms with E-state index in [4.69, 9.17) is 10.5 Å². The maximum atomic E-state index is 12.6. The SMILES string of the molecule is NC(=O)c1cccc(OCC(=O)N2CCCC(C(=O)NC3CCCCC3)C2)c1. The van der Waals surface area contributed by atoms with Gasteiger partial charge in [-0.25, -0.2) is 0 Å². The Kier molecular flexibility index (Phi) is 6.90. The predicted octanol–water partition coefficient (Wildman–Crippen LogP) is 1.85. The first kappa shape index (κ1) is 20.2. The topological polar surface area (TPSA) is 102 Å². The van der Waals surface area contributed by atoms with Crippen molar-refractivity contribution in [1.82, 2.24) is 10.2 Å². The monoisotopic (exact) mass is 387 g/mol. The number of rotatable bonds is 6. The second kappa shape index (κ2) is 9.57. The Labute approximate surface area is 165 Å². The van der Waals surface area contributed by atoms with Gasteiger partial charge in [-0.15, -0.1) is 0 Å². The molecule has 7 nitrogen and oxygen atoms in total. The molecule has 7 heteroatoms. The van der Waals surface area contributed by atoms with Crippen LogP contribution in [-0.4, -0.2) is 48.4 Å². The summed E-state index contributed by atoms with van der Waals surface area (Å²) in [5.74, 6) is -0.357. The van der Waals surface area contributed by atoms with E-state index in [9.17, 15) is 14.4 Å². The Morgan fingerprint density at radius 1 is 1.11 bits per heavy atom. The lowest BCUT2D eigenvalue weighted by Gasteiger charge is -2.33. The highest BCUT2D eigenvalue weighted by atomic mass is 16.5. The van der Waals surface area contributed by atoms with E-state index >= 15 is 0 Å². The molecule has 2 fully saturated rings. The number of nitrogens with zero attached hydrogens (tertiary/aromatic N) is 1. The van der Waals surface area contributed by atoms with Gasteiger partial charge in [0.25, 0.3) is 5.91 Å². The van der Waals surface area contributed by atoms with Crippen LogP contribution >= 0.6 is 0 Å². The fraction of sp³-hybridized carbons (Fsp3) is 0.571. The summed E-state index contributed by atoms with van der Waals surface area (Å²) in [5, 5.41) is 3.17. The van der Waals surface area contributed by atoms with Gasteiger partial charge in [0.2, 0.25) is 11.8 Å². The van der Waals surface area contributed by atoms with Gasteiger partial charge < -0.3 is 20.7 Å². The predicted molar refractivity (Wildman–Crippen MR) is 105 cm³/mol. The molecule has 1 saturated carbocycles. The van der Waals surface area contributed by atoms with Crippen molar-refractivity contribution in [2.45, 2.75) is 51.0 Å². The van der Waals surface area contributed by atoms with Gasteiger partial charge in [-0.1, -0.05) is 25.3 Å². The van der Waals surface area contributed by atoms with E-state index in [1.165, 1.54) is 25.3 Å². The van der Waals surface area contributed by atoms with Gasteiger partial charge in [-0.05, 0) is 43.9 Å². The van der Waals surface area contributed by atoms with Gasteiger partial charge in [0.05, 0.1) is 5.92 Å². The molecule has 1 unspecified atom stereocenters. The van der Waals surface area contributed by atoms with Crippen molar-refractivity contribution in [3.63, 3.8) is 0 Å². The number of carbonyl (C=O) groups is 3. The van der Waals surface area contributed by atoms with E-state index in [0.717, 1.165) is 25.7 Å². The molecule has 1 aliphatic carbocycles. The molecule has 3 N–H and O–H groups in total. The molecule has 2 aliphatic rings. The van der Waals surface area contributed by atoms with Gasteiger partial charge in [-0.3, -0.25) is 14.4 Å². The number of hydrogen-bond donors (Lipinski definition) is 2. The van der Waals surface area contributed by atoms with Crippen LogP contribution in [0.5, 0.6) is 5.75 Å². The molecule has 1 aromatic carbocycles. The fourth-order valence-corrected chi connectivity index (χ4v) is 3.96. The maximum Gasteiger partial charge on any atom is 0.260 e. The molecule has 28 heavy (non-hydrogen) atoms. The van der Waals surface area contributed by atoms with Gasteiger partial charge >= 0.3 is 0 Å². The minimum atomic E-state index is -0.542. The molecule has 152 valence electrons. The zero-order valence-electron chi connectivity index (χ0n) is 16.2. The number of carbonyl (C=O) groups excluding carboxylic acids is 3. The van der Waals surface area contributed by atoms with E-state index in [2.05, 4.69) is 5.32 Å². The van der Waals surface area contributed by atoms with Crippen molar-refractivity contribution in [3.8, 4) is 5.75 Å². The third-order valence-corrected chi connectivity index (χ3v) is 5.58. The van der Waals surface area contributed by atoms with Gasteiger partial charge in [0.1, 0.15) is 5.75 Å². The second-order valence-electron chi connectivity index (χ2n) is 7.70. The summed E-state index contributed by atoms with van der Waals surface area (Å²) in [7, 11) is 0. The number of primary amides is 1. The van der Waals surface area contributed by atoms with Crippen molar-refractivity contribution in [2.75, 3.05) is 19.7 Å². The highest BCUT2D eigenvalue weighted by molar-refractivity contribution is 5.93. The van der Waals surface area contributed by atoms with Gasteiger partial charge in [-0.2, -0.15) is 0 Å². The molecule has 1 aliphatic heterocycles. The second-order valence-corrected chi connectivity index (χ2v) is 7.70. The van der Waals surface area contributed by atoms with Crippen LogP contribution in [0.3, 0.4) is 0 Å².